The second-order valence-electron chi connectivity index (χ2n) is 15.0. The molecule has 4 nitrogen and oxygen atoms in total. The first-order chi connectivity index (χ1) is 25.8. The van der Waals surface area contributed by atoms with Gasteiger partial charge < -0.3 is 0 Å². The summed E-state index contributed by atoms with van der Waals surface area (Å²) in [6.07, 6.45) is 4.63. The van der Waals surface area contributed by atoms with Crippen LogP contribution in [-0.4, -0.2) is 19.7 Å². The molecule has 2 heterocycles. The summed E-state index contributed by atoms with van der Waals surface area (Å²) in [6, 6.07) is 33.8. The molecule has 0 saturated carbocycles. The third-order valence-corrected chi connectivity index (χ3v) is 57.9. The summed E-state index contributed by atoms with van der Waals surface area (Å²) in [4.78, 5) is 0. The molecular formula is C46H44Cl2O4SiZr. The molecule has 4 aromatic carbocycles. The van der Waals surface area contributed by atoms with Crippen molar-refractivity contribution in [1.29, 1.82) is 0 Å². The predicted molar refractivity (Wildman–Crippen MR) is 224 cm³/mol. The Hall–Kier alpha value is -3.80. The number of rotatable bonds is 8. The molecule has 2 atom stereocenters. The molecule has 8 rings (SSSR count). The number of methoxy groups -OCH3 is 2. The number of fused-ring (bicyclic) bond motifs is 2. The van der Waals surface area contributed by atoms with Crippen molar-refractivity contribution >= 4 is 45.8 Å². The van der Waals surface area contributed by atoms with Crippen LogP contribution in [0.25, 0.3) is 45.6 Å². The first-order valence-electron chi connectivity index (χ1n) is 18.3. The van der Waals surface area contributed by atoms with Gasteiger partial charge in [0.15, 0.2) is 0 Å². The Morgan fingerprint density at radius 1 is 0.574 bits per heavy atom. The van der Waals surface area contributed by atoms with Gasteiger partial charge in [0.2, 0.25) is 0 Å². The van der Waals surface area contributed by atoms with Crippen LogP contribution < -0.4 is 9.47 Å². The number of aryl methyl sites for hydroxylation is 4. The van der Waals surface area contributed by atoms with E-state index < -0.39 is 20.4 Å². The van der Waals surface area contributed by atoms with Crippen molar-refractivity contribution in [3.63, 3.8) is 0 Å². The fourth-order valence-corrected chi connectivity index (χ4v) is 36.6. The van der Waals surface area contributed by atoms with Crippen LogP contribution in [0, 0.1) is 27.7 Å². The van der Waals surface area contributed by atoms with E-state index >= 15 is 0 Å². The van der Waals surface area contributed by atoms with Gasteiger partial charge >= 0.3 is 329 Å². The normalized spacial score (nSPS) is 16.5. The van der Waals surface area contributed by atoms with Crippen LogP contribution >= 0.6 is 17.0 Å². The van der Waals surface area contributed by atoms with Crippen LogP contribution in [0.2, 0.25) is 13.1 Å². The van der Waals surface area contributed by atoms with Gasteiger partial charge in [0.1, 0.15) is 0 Å². The van der Waals surface area contributed by atoms with E-state index in [2.05, 4.69) is 99.8 Å². The van der Waals surface area contributed by atoms with Crippen molar-refractivity contribution in [1.82, 2.24) is 0 Å². The molecule has 0 amide bonds. The molecule has 2 aliphatic rings. The van der Waals surface area contributed by atoms with E-state index in [9.17, 15) is 0 Å². The Bertz CT molecular complexity index is 2460. The van der Waals surface area contributed by atoms with E-state index in [-0.39, 0.29) is 7.25 Å². The molecule has 274 valence electrons. The topological polar surface area (TPSA) is 44.7 Å². The van der Waals surface area contributed by atoms with Gasteiger partial charge in [-0.1, -0.05) is 0 Å². The summed E-state index contributed by atoms with van der Waals surface area (Å²) in [5.74, 6) is 4.94. The molecule has 0 aliphatic heterocycles. The molecule has 0 saturated heterocycles. The van der Waals surface area contributed by atoms with E-state index in [1.54, 1.807) is 14.2 Å². The van der Waals surface area contributed by atoms with Gasteiger partial charge in [-0.3, -0.25) is 0 Å². The van der Waals surface area contributed by atoms with Crippen LogP contribution in [0.3, 0.4) is 0 Å². The van der Waals surface area contributed by atoms with E-state index in [0.29, 0.717) is 0 Å². The fraction of sp³-hybridized carbons (Fsp3) is 0.217. The first kappa shape index (κ1) is 37.1. The van der Waals surface area contributed by atoms with Gasteiger partial charge in [0.25, 0.3) is 0 Å². The van der Waals surface area contributed by atoms with Gasteiger partial charge in [0, 0.05) is 0 Å². The van der Waals surface area contributed by atoms with Gasteiger partial charge in [-0.2, -0.15) is 0 Å². The van der Waals surface area contributed by atoms with Crippen molar-refractivity contribution in [3.05, 3.63) is 153 Å². The maximum atomic E-state index is 8.89. The second kappa shape index (κ2) is 13.7. The molecule has 0 radical (unpaired) electrons. The number of halogens is 2. The third kappa shape index (κ3) is 5.79. The minimum absolute atomic E-state index is 0.263. The Labute approximate surface area is 326 Å². The number of allylic oxidation sites excluding steroid dienone is 2. The quantitative estimate of drug-likeness (QED) is 0.143. The number of furan rings is 2. The van der Waals surface area contributed by atoms with E-state index in [1.165, 1.54) is 11.1 Å². The number of benzene rings is 4. The third-order valence-electron chi connectivity index (χ3n) is 11.6. The average molecular weight is 851 g/mol. The van der Waals surface area contributed by atoms with Crippen LogP contribution in [0.15, 0.2) is 106 Å². The van der Waals surface area contributed by atoms with Gasteiger partial charge in [-0.05, 0) is 0 Å². The first-order valence-corrected chi connectivity index (χ1v) is 33.7. The molecule has 0 bridgehead atoms. The van der Waals surface area contributed by atoms with Crippen molar-refractivity contribution in [2.24, 2.45) is 0 Å². The predicted octanol–water partition coefficient (Wildman–Crippen LogP) is 13.6. The van der Waals surface area contributed by atoms with Crippen molar-refractivity contribution in [3.8, 4) is 33.8 Å². The van der Waals surface area contributed by atoms with Crippen LogP contribution in [0.1, 0.15) is 63.7 Å². The number of hydrogen-bond acceptors (Lipinski definition) is 4. The maximum absolute atomic E-state index is 8.89. The Morgan fingerprint density at radius 3 is 1.35 bits per heavy atom. The van der Waals surface area contributed by atoms with Crippen molar-refractivity contribution in [2.75, 3.05) is 14.2 Å². The second-order valence-corrected chi connectivity index (χ2v) is 53.8. The van der Waals surface area contributed by atoms with E-state index in [4.69, 9.17) is 35.3 Å². The van der Waals surface area contributed by atoms with Crippen LogP contribution in [0.5, 0.6) is 11.5 Å². The van der Waals surface area contributed by atoms with E-state index in [0.717, 1.165) is 90.2 Å². The van der Waals surface area contributed by atoms with E-state index in [1.807, 2.05) is 50.2 Å². The summed E-state index contributed by atoms with van der Waals surface area (Å²) < 4.78 is 23.9. The monoisotopic (exact) mass is 848 g/mol. The Kier molecular flexibility index (Phi) is 9.45. The molecule has 2 aliphatic carbocycles. The Balaban J connectivity index is 1.46. The standard InChI is InChI=1S/2C22H19O2.C2H6Si.2ClH.Zr/c2*1-14-7-9-16-11-18(21-10-8-15(2)24-21)13-20(16)22(14)17-5-4-6-19(12-17)23-3;1-3-2;;;/h2*4-13H,1-3H3;1-2H3;2*1H;/q;;;;;+2/p-2. The fourth-order valence-electron chi connectivity index (χ4n) is 8.93. The number of ether oxygens (including phenoxy) is 2. The number of hydrogen-bond donors (Lipinski definition) is 0. The summed E-state index contributed by atoms with van der Waals surface area (Å²) >= 11 is -5.40. The van der Waals surface area contributed by atoms with Gasteiger partial charge in [-0.15, -0.1) is 0 Å². The van der Waals surface area contributed by atoms with Crippen LogP contribution in [0.4, 0.5) is 0 Å². The molecular weight excluding hydrogens is 807 g/mol. The minimum atomic E-state index is -5.40. The van der Waals surface area contributed by atoms with Crippen molar-refractivity contribution < 1.29 is 33.3 Å². The summed E-state index contributed by atoms with van der Waals surface area (Å²) in [5.41, 5.74) is 12.1. The van der Waals surface area contributed by atoms with Crippen LogP contribution in [-0.2, 0) is 15.0 Å². The SMILES string of the molecule is COc1cccc(-c2c(C)ccc3c2C=C(c2ccc(C)o2)[CH]3[Zr]([Cl])([Cl])([CH]2C(c3ccc(C)o3)=Cc3c2ccc(C)c3-c2cccc(OC)c2)=[Si](C)C)c1. The molecule has 0 N–H and O–H groups in total. The summed E-state index contributed by atoms with van der Waals surface area (Å²) in [6.45, 7) is 13.0. The molecule has 2 unspecified atom stereocenters. The zero-order chi connectivity index (χ0) is 38.1. The molecule has 8 heteroatoms. The Morgan fingerprint density at radius 2 is 1.00 bits per heavy atom. The molecule has 0 fully saturated rings. The summed E-state index contributed by atoms with van der Waals surface area (Å²) in [5, 5.41) is 0. The van der Waals surface area contributed by atoms with Gasteiger partial charge in [0.05, 0.1) is 0 Å². The molecule has 0 spiro atoms. The summed E-state index contributed by atoms with van der Waals surface area (Å²) in [7, 11) is 21.2. The zero-order valence-electron chi connectivity index (χ0n) is 31.9. The average Bonchev–Trinajstić information content (AvgIpc) is 3.96. The van der Waals surface area contributed by atoms with Gasteiger partial charge in [-0.25, -0.2) is 0 Å². The van der Waals surface area contributed by atoms with Crippen molar-refractivity contribution in [2.45, 2.75) is 48.0 Å². The molecule has 6 aromatic rings. The molecule has 2 aromatic heterocycles. The zero-order valence-corrected chi connectivity index (χ0v) is 36.9. The molecule has 54 heavy (non-hydrogen) atoms.